The highest BCUT2D eigenvalue weighted by molar-refractivity contribution is 5.93. The Morgan fingerprint density at radius 2 is 2.05 bits per heavy atom. The van der Waals surface area contributed by atoms with Crippen LogP contribution in [0.5, 0.6) is 0 Å². The highest BCUT2D eigenvalue weighted by atomic mass is 16.5. The molecule has 1 aromatic rings. The lowest BCUT2D eigenvalue weighted by Crippen LogP contribution is -2.38. The van der Waals surface area contributed by atoms with Crippen LogP contribution >= 0.6 is 0 Å². The van der Waals surface area contributed by atoms with Gasteiger partial charge in [-0.05, 0) is 19.9 Å². The van der Waals surface area contributed by atoms with Crippen LogP contribution in [0.1, 0.15) is 23.7 Å². The molecule has 0 radical (unpaired) electrons. The quantitative estimate of drug-likeness (QED) is 0.707. The van der Waals surface area contributed by atoms with Gasteiger partial charge in [-0.3, -0.25) is 9.69 Å². The molecule has 2 heterocycles. The van der Waals surface area contributed by atoms with Crippen molar-refractivity contribution in [1.82, 2.24) is 20.2 Å². The molecule has 116 valence electrons. The summed E-state index contributed by atoms with van der Waals surface area (Å²) in [7, 11) is 0. The third kappa shape index (κ3) is 5.28. The van der Waals surface area contributed by atoms with Crippen LogP contribution in [0.2, 0.25) is 0 Å². The van der Waals surface area contributed by atoms with Crippen LogP contribution in [0.3, 0.4) is 0 Å². The van der Waals surface area contributed by atoms with Gasteiger partial charge in [0.25, 0.3) is 5.91 Å². The van der Waals surface area contributed by atoms with Gasteiger partial charge in [0, 0.05) is 38.6 Å². The molecule has 2 N–H and O–H groups in total. The zero-order valence-electron chi connectivity index (χ0n) is 12.5. The van der Waals surface area contributed by atoms with Gasteiger partial charge in [-0.1, -0.05) is 0 Å². The largest absolute Gasteiger partial charge is 0.379 e. The third-order valence-electron chi connectivity index (χ3n) is 3.29. The first-order chi connectivity index (χ1) is 10.3. The second-order valence-electron chi connectivity index (χ2n) is 4.89. The van der Waals surface area contributed by atoms with Crippen molar-refractivity contribution in [3.63, 3.8) is 0 Å². The summed E-state index contributed by atoms with van der Waals surface area (Å²) >= 11 is 0. The third-order valence-corrected chi connectivity index (χ3v) is 3.29. The van der Waals surface area contributed by atoms with Crippen LogP contribution < -0.4 is 10.6 Å². The van der Waals surface area contributed by atoms with E-state index in [-0.39, 0.29) is 5.91 Å². The van der Waals surface area contributed by atoms with Gasteiger partial charge in [-0.2, -0.15) is 0 Å². The number of hydrogen-bond acceptors (Lipinski definition) is 6. The number of carbonyl (C=O) groups is 1. The van der Waals surface area contributed by atoms with E-state index in [9.17, 15) is 4.79 Å². The van der Waals surface area contributed by atoms with E-state index in [1.807, 2.05) is 6.92 Å². The smallest absolute Gasteiger partial charge is 0.254 e. The van der Waals surface area contributed by atoms with Gasteiger partial charge in [0.15, 0.2) is 0 Å². The minimum atomic E-state index is -0.125. The van der Waals surface area contributed by atoms with Crippen molar-refractivity contribution in [2.45, 2.75) is 13.3 Å². The lowest BCUT2D eigenvalue weighted by Gasteiger charge is -2.26. The number of aromatic nitrogens is 2. The van der Waals surface area contributed by atoms with Gasteiger partial charge in [0.1, 0.15) is 0 Å². The summed E-state index contributed by atoms with van der Waals surface area (Å²) < 4.78 is 5.30. The van der Waals surface area contributed by atoms with Crippen molar-refractivity contribution in [2.24, 2.45) is 0 Å². The molecule has 1 aliphatic rings. The zero-order valence-corrected chi connectivity index (χ0v) is 12.5. The highest BCUT2D eigenvalue weighted by Gasteiger charge is 2.10. The van der Waals surface area contributed by atoms with Crippen LogP contribution in [-0.2, 0) is 4.74 Å². The van der Waals surface area contributed by atoms with Crippen LogP contribution in [0.4, 0.5) is 5.95 Å². The predicted octanol–water partition coefficient (Wildman–Crippen LogP) is 0.361. The van der Waals surface area contributed by atoms with Gasteiger partial charge in [0.05, 0.1) is 18.8 Å². The van der Waals surface area contributed by atoms with Crippen molar-refractivity contribution >= 4 is 11.9 Å². The normalized spacial score (nSPS) is 15.7. The van der Waals surface area contributed by atoms with E-state index in [1.54, 1.807) is 12.4 Å². The van der Waals surface area contributed by atoms with Gasteiger partial charge in [-0.15, -0.1) is 0 Å². The van der Waals surface area contributed by atoms with E-state index in [1.165, 1.54) is 0 Å². The molecule has 1 saturated heterocycles. The minimum absolute atomic E-state index is 0.125. The van der Waals surface area contributed by atoms with Crippen molar-refractivity contribution in [3.8, 4) is 0 Å². The van der Waals surface area contributed by atoms with E-state index in [2.05, 4.69) is 25.5 Å². The monoisotopic (exact) mass is 293 g/mol. The standard InChI is InChI=1S/C14H23N5O2/c1-2-15-14-17-10-12(11-18-14)13(20)16-4-3-5-19-6-8-21-9-7-19/h10-11H,2-9H2,1H3,(H,16,20)(H,15,17,18). The van der Waals surface area contributed by atoms with Crippen LogP contribution in [-0.4, -0.2) is 66.7 Å². The number of hydrogen-bond donors (Lipinski definition) is 2. The first-order valence-corrected chi connectivity index (χ1v) is 7.44. The number of amides is 1. The molecular formula is C14H23N5O2. The fourth-order valence-corrected chi connectivity index (χ4v) is 2.13. The molecule has 0 unspecified atom stereocenters. The van der Waals surface area contributed by atoms with Crippen LogP contribution in [0.15, 0.2) is 12.4 Å². The molecule has 0 bridgehead atoms. The summed E-state index contributed by atoms with van der Waals surface area (Å²) in [5.74, 6) is 0.418. The molecule has 1 aromatic heterocycles. The summed E-state index contributed by atoms with van der Waals surface area (Å²) in [4.78, 5) is 22.4. The Kier molecular flexibility index (Phi) is 6.36. The fourth-order valence-electron chi connectivity index (χ4n) is 2.13. The molecule has 7 nitrogen and oxygen atoms in total. The zero-order chi connectivity index (χ0) is 14.9. The molecule has 0 aromatic carbocycles. The molecule has 2 rings (SSSR count). The summed E-state index contributed by atoms with van der Waals surface area (Å²) in [6.45, 7) is 7.95. The maximum absolute atomic E-state index is 11.9. The summed E-state index contributed by atoms with van der Waals surface area (Å²) in [6.07, 6.45) is 4.02. The molecule has 0 aliphatic carbocycles. The van der Waals surface area contributed by atoms with E-state index < -0.39 is 0 Å². The number of rotatable bonds is 7. The van der Waals surface area contributed by atoms with Gasteiger partial charge in [0.2, 0.25) is 5.95 Å². The Hall–Kier alpha value is -1.73. The van der Waals surface area contributed by atoms with Gasteiger partial charge < -0.3 is 15.4 Å². The van der Waals surface area contributed by atoms with E-state index in [0.717, 1.165) is 45.8 Å². The van der Waals surface area contributed by atoms with Crippen molar-refractivity contribution in [2.75, 3.05) is 51.3 Å². The number of nitrogens with zero attached hydrogens (tertiary/aromatic N) is 3. The minimum Gasteiger partial charge on any atom is -0.379 e. The molecule has 0 saturated carbocycles. The van der Waals surface area contributed by atoms with E-state index in [0.29, 0.717) is 18.1 Å². The van der Waals surface area contributed by atoms with Crippen LogP contribution in [0.25, 0.3) is 0 Å². The molecule has 1 aliphatic heterocycles. The highest BCUT2D eigenvalue weighted by Crippen LogP contribution is 2.01. The molecule has 1 fully saturated rings. The van der Waals surface area contributed by atoms with Crippen LogP contribution in [0, 0.1) is 0 Å². The van der Waals surface area contributed by atoms with E-state index in [4.69, 9.17) is 4.74 Å². The molecule has 21 heavy (non-hydrogen) atoms. The lowest BCUT2D eigenvalue weighted by atomic mass is 10.3. The molecule has 0 atom stereocenters. The summed E-state index contributed by atoms with van der Waals surface area (Å²) in [6, 6.07) is 0. The number of anilines is 1. The summed E-state index contributed by atoms with van der Waals surface area (Å²) in [5, 5.41) is 5.89. The molecule has 1 amide bonds. The molecular weight excluding hydrogens is 270 g/mol. The van der Waals surface area contributed by atoms with E-state index >= 15 is 0 Å². The van der Waals surface area contributed by atoms with Gasteiger partial charge in [-0.25, -0.2) is 9.97 Å². The average Bonchev–Trinajstić information content (AvgIpc) is 2.53. The average molecular weight is 293 g/mol. The number of morpholine rings is 1. The predicted molar refractivity (Wildman–Crippen MR) is 80.4 cm³/mol. The maximum Gasteiger partial charge on any atom is 0.254 e. The number of carbonyl (C=O) groups excluding carboxylic acids is 1. The lowest BCUT2D eigenvalue weighted by molar-refractivity contribution is 0.0374. The SMILES string of the molecule is CCNc1ncc(C(=O)NCCCN2CCOCC2)cn1. The number of nitrogens with one attached hydrogen (secondary N) is 2. The Bertz CT molecular complexity index is 431. The molecule has 0 spiro atoms. The first kappa shape index (κ1) is 15.7. The van der Waals surface area contributed by atoms with Crippen molar-refractivity contribution in [1.29, 1.82) is 0 Å². The topological polar surface area (TPSA) is 79.4 Å². The van der Waals surface area contributed by atoms with Gasteiger partial charge >= 0.3 is 0 Å². The molecule has 7 heteroatoms. The second-order valence-corrected chi connectivity index (χ2v) is 4.89. The number of ether oxygens (including phenoxy) is 1. The summed E-state index contributed by atoms with van der Waals surface area (Å²) in [5.41, 5.74) is 0.489. The Morgan fingerprint density at radius 3 is 2.71 bits per heavy atom. The van der Waals surface area contributed by atoms with Crippen molar-refractivity contribution < 1.29 is 9.53 Å². The Labute approximate surface area is 125 Å². The maximum atomic E-state index is 11.9. The fraction of sp³-hybridized carbons (Fsp3) is 0.643. The first-order valence-electron chi connectivity index (χ1n) is 7.44. The van der Waals surface area contributed by atoms with Crippen molar-refractivity contribution in [3.05, 3.63) is 18.0 Å². The Balaban J connectivity index is 1.66. The Morgan fingerprint density at radius 1 is 1.33 bits per heavy atom. The second kappa shape index (κ2) is 8.53.